The van der Waals surface area contributed by atoms with Crippen molar-refractivity contribution in [1.29, 1.82) is 0 Å². The van der Waals surface area contributed by atoms with Crippen LogP contribution in [0.1, 0.15) is 24.9 Å². The number of rotatable bonds is 4. The fourth-order valence-electron chi connectivity index (χ4n) is 2.39. The predicted molar refractivity (Wildman–Crippen MR) is 77.3 cm³/mol. The molecule has 0 unspecified atom stereocenters. The molecule has 1 aromatic heterocycles. The van der Waals surface area contributed by atoms with Crippen LogP contribution in [0, 0.1) is 0 Å². The zero-order valence-corrected chi connectivity index (χ0v) is 11.8. The summed E-state index contributed by atoms with van der Waals surface area (Å²) in [6.45, 7) is 3.39. The Morgan fingerprint density at radius 1 is 1.30 bits per heavy atom. The second kappa shape index (κ2) is 5.45. The van der Waals surface area contributed by atoms with Crippen LogP contribution in [0.5, 0.6) is 11.5 Å². The molecule has 1 aliphatic heterocycles. The Hall–Kier alpha value is -2.17. The molecule has 5 heteroatoms. The number of fused-ring (bicyclic) bond motifs is 1. The molecular formula is C15H19N3O2. The number of benzene rings is 1. The molecule has 0 bridgehead atoms. The van der Waals surface area contributed by atoms with E-state index in [-0.39, 0.29) is 6.04 Å². The van der Waals surface area contributed by atoms with Gasteiger partial charge in [-0.15, -0.1) is 0 Å². The summed E-state index contributed by atoms with van der Waals surface area (Å²) in [4.78, 5) is 0. The standard InChI is InChI=1S/C15H19N3O2/c1-3-13(17-12-9-16-18(2)10-12)11-4-5-14-15(8-11)20-7-6-19-14/h4-5,8-10,13,17H,3,6-7H2,1-2H3/t13-/m0/s1. The molecule has 0 spiro atoms. The number of hydrogen-bond acceptors (Lipinski definition) is 4. The van der Waals surface area contributed by atoms with E-state index >= 15 is 0 Å². The van der Waals surface area contributed by atoms with E-state index in [4.69, 9.17) is 9.47 Å². The van der Waals surface area contributed by atoms with Gasteiger partial charge < -0.3 is 14.8 Å². The summed E-state index contributed by atoms with van der Waals surface area (Å²) in [6.07, 6.45) is 4.79. The van der Waals surface area contributed by atoms with Crippen LogP contribution in [0.25, 0.3) is 0 Å². The first-order valence-electron chi connectivity index (χ1n) is 6.91. The van der Waals surface area contributed by atoms with Crippen LogP contribution in [-0.2, 0) is 7.05 Å². The predicted octanol–water partition coefficient (Wildman–Crippen LogP) is 2.75. The van der Waals surface area contributed by atoms with Crippen molar-refractivity contribution in [2.75, 3.05) is 18.5 Å². The molecule has 1 atom stereocenters. The highest BCUT2D eigenvalue weighted by atomic mass is 16.6. The number of nitrogens with one attached hydrogen (secondary N) is 1. The van der Waals surface area contributed by atoms with Gasteiger partial charge >= 0.3 is 0 Å². The van der Waals surface area contributed by atoms with Gasteiger partial charge in [-0.3, -0.25) is 4.68 Å². The number of aryl methyl sites for hydroxylation is 1. The number of hydrogen-bond donors (Lipinski definition) is 1. The zero-order chi connectivity index (χ0) is 13.9. The van der Waals surface area contributed by atoms with E-state index in [1.165, 1.54) is 5.56 Å². The fraction of sp³-hybridized carbons (Fsp3) is 0.400. The Balaban J connectivity index is 1.81. The van der Waals surface area contributed by atoms with Gasteiger partial charge in [0.25, 0.3) is 0 Å². The van der Waals surface area contributed by atoms with E-state index in [0.29, 0.717) is 13.2 Å². The first-order valence-corrected chi connectivity index (χ1v) is 6.91. The maximum absolute atomic E-state index is 5.64. The summed E-state index contributed by atoms with van der Waals surface area (Å²) in [7, 11) is 1.91. The van der Waals surface area contributed by atoms with Gasteiger partial charge in [-0.05, 0) is 24.1 Å². The molecule has 3 rings (SSSR count). The van der Waals surface area contributed by atoms with Crippen molar-refractivity contribution in [2.24, 2.45) is 7.05 Å². The lowest BCUT2D eigenvalue weighted by molar-refractivity contribution is 0.171. The van der Waals surface area contributed by atoms with E-state index in [9.17, 15) is 0 Å². The third-order valence-corrected chi connectivity index (χ3v) is 3.42. The molecule has 1 N–H and O–H groups in total. The summed E-state index contributed by atoms with van der Waals surface area (Å²) in [5.41, 5.74) is 2.22. The van der Waals surface area contributed by atoms with Gasteiger partial charge in [0.1, 0.15) is 13.2 Å². The highest BCUT2D eigenvalue weighted by molar-refractivity contribution is 5.47. The zero-order valence-electron chi connectivity index (χ0n) is 11.8. The average molecular weight is 273 g/mol. The van der Waals surface area contributed by atoms with Crippen molar-refractivity contribution in [3.05, 3.63) is 36.2 Å². The third-order valence-electron chi connectivity index (χ3n) is 3.42. The van der Waals surface area contributed by atoms with E-state index in [0.717, 1.165) is 23.6 Å². The Labute approximate surface area is 118 Å². The van der Waals surface area contributed by atoms with Gasteiger partial charge in [0.15, 0.2) is 11.5 Å². The highest BCUT2D eigenvalue weighted by Crippen LogP contribution is 2.34. The second-order valence-electron chi connectivity index (χ2n) is 4.91. The summed E-state index contributed by atoms with van der Waals surface area (Å²) in [5.74, 6) is 1.66. The number of anilines is 1. The fourth-order valence-corrected chi connectivity index (χ4v) is 2.39. The Morgan fingerprint density at radius 2 is 2.10 bits per heavy atom. The lowest BCUT2D eigenvalue weighted by atomic mass is 10.0. The van der Waals surface area contributed by atoms with Crippen molar-refractivity contribution >= 4 is 5.69 Å². The molecule has 0 amide bonds. The molecule has 0 saturated carbocycles. The minimum Gasteiger partial charge on any atom is -0.486 e. The molecule has 2 heterocycles. The maximum Gasteiger partial charge on any atom is 0.161 e. The van der Waals surface area contributed by atoms with Crippen molar-refractivity contribution < 1.29 is 9.47 Å². The first kappa shape index (κ1) is 12.8. The van der Waals surface area contributed by atoms with Crippen LogP contribution < -0.4 is 14.8 Å². The normalized spacial score (nSPS) is 14.9. The van der Waals surface area contributed by atoms with E-state index in [1.807, 2.05) is 25.5 Å². The van der Waals surface area contributed by atoms with Crippen LogP contribution in [0.15, 0.2) is 30.6 Å². The van der Waals surface area contributed by atoms with Gasteiger partial charge in [0.05, 0.1) is 17.9 Å². The molecule has 5 nitrogen and oxygen atoms in total. The van der Waals surface area contributed by atoms with E-state index in [2.05, 4.69) is 29.5 Å². The lowest BCUT2D eigenvalue weighted by Gasteiger charge is -2.22. The topological polar surface area (TPSA) is 48.3 Å². The summed E-state index contributed by atoms with van der Waals surface area (Å²) in [5, 5.41) is 7.67. The minimum absolute atomic E-state index is 0.232. The number of ether oxygens (including phenoxy) is 2. The quantitative estimate of drug-likeness (QED) is 0.930. The van der Waals surface area contributed by atoms with Crippen LogP contribution in [-0.4, -0.2) is 23.0 Å². The number of nitrogens with zero attached hydrogens (tertiary/aromatic N) is 2. The van der Waals surface area contributed by atoms with Crippen LogP contribution in [0.3, 0.4) is 0 Å². The summed E-state index contributed by atoms with van der Waals surface area (Å²) in [6, 6.07) is 6.36. The largest absolute Gasteiger partial charge is 0.486 e. The minimum atomic E-state index is 0.232. The summed E-state index contributed by atoms with van der Waals surface area (Å²) < 4.78 is 13.0. The number of aromatic nitrogens is 2. The lowest BCUT2D eigenvalue weighted by Crippen LogP contribution is -2.16. The molecule has 1 aromatic carbocycles. The molecule has 0 saturated heterocycles. The molecule has 0 aliphatic carbocycles. The Kier molecular flexibility index (Phi) is 3.50. The third kappa shape index (κ3) is 2.57. The molecule has 2 aromatic rings. The Morgan fingerprint density at radius 3 is 2.80 bits per heavy atom. The maximum atomic E-state index is 5.64. The van der Waals surface area contributed by atoms with Gasteiger partial charge in [-0.2, -0.15) is 5.10 Å². The molecule has 0 fully saturated rings. The molecule has 0 radical (unpaired) electrons. The summed E-state index contributed by atoms with van der Waals surface area (Å²) >= 11 is 0. The van der Waals surface area contributed by atoms with Crippen molar-refractivity contribution in [1.82, 2.24) is 9.78 Å². The van der Waals surface area contributed by atoms with Crippen LogP contribution in [0.2, 0.25) is 0 Å². The van der Waals surface area contributed by atoms with Gasteiger partial charge in [0.2, 0.25) is 0 Å². The Bertz CT molecular complexity index is 595. The SMILES string of the molecule is CC[C@H](Nc1cnn(C)c1)c1ccc2c(c1)OCCO2. The van der Waals surface area contributed by atoms with E-state index < -0.39 is 0 Å². The molecular weight excluding hydrogens is 254 g/mol. The molecule has 1 aliphatic rings. The van der Waals surface area contributed by atoms with E-state index in [1.54, 1.807) is 4.68 Å². The average Bonchev–Trinajstić information content (AvgIpc) is 2.89. The van der Waals surface area contributed by atoms with Crippen LogP contribution in [0.4, 0.5) is 5.69 Å². The second-order valence-corrected chi connectivity index (χ2v) is 4.91. The molecule has 20 heavy (non-hydrogen) atoms. The van der Waals surface area contributed by atoms with Gasteiger partial charge in [0, 0.05) is 13.2 Å². The van der Waals surface area contributed by atoms with Crippen molar-refractivity contribution in [2.45, 2.75) is 19.4 Å². The highest BCUT2D eigenvalue weighted by Gasteiger charge is 2.16. The van der Waals surface area contributed by atoms with Crippen molar-refractivity contribution in [3.63, 3.8) is 0 Å². The molecule has 106 valence electrons. The van der Waals surface area contributed by atoms with Gasteiger partial charge in [-0.25, -0.2) is 0 Å². The van der Waals surface area contributed by atoms with Gasteiger partial charge in [-0.1, -0.05) is 13.0 Å². The van der Waals surface area contributed by atoms with Crippen molar-refractivity contribution in [3.8, 4) is 11.5 Å². The smallest absolute Gasteiger partial charge is 0.161 e. The first-order chi connectivity index (χ1) is 9.76. The van der Waals surface area contributed by atoms with Crippen LogP contribution >= 0.6 is 0 Å². The monoisotopic (exact) mass is 273 g/mol.